The van der Waals surface area contributed by atoms with Crippen LogP contribution in [0.4, 0.5) is 4.79 Å². The summed E-state index contributed by atoms with van der Waals surface area (Å²) in [6.45, 7) is 3.39. The van der Waals surface area contributed by atoms with Crippen LogP contribution in [0.3, 0.4) is 0 Å². The predicted octanol–water partition coefficient (Wildman–Crippen LogP) is 3.35. The molecular weight excluding hydrogens is 356 g/mol. The number of benzene rings is 1. The van der Waals surface area contributed by atoms with Crippen molar-refractivity contribution in [2.45, 2.75) is 32.4 Å². The fraction of sp³-hybridized carbons (Fsp3) is 0.368. The Morgan fingerprint density at radius 1 is 1.27 bits per heavy atom. The van der Waals surface area contributed by atoms with Crippen LogP contribution in [0.1, 0.15) is 24.2 Å². The lowest BCUT2D eigenvalue weighted by atomic mass is 10.1. The first-order valence-electron chi connectivity index (χ1n) is 8.55. The monoisotopic (exact) mass is 376 g/mol. The number of carbonyl (C=O) groups is 1. The highest BCUT2D eigenvalue weighted by Gasteiger charge is 2.24. The van der Waals surface area contributed by atoms with Gasteiger partial charge in [0.05, 0.1) is 6.07 Å². The third-order valence-corrected chi connectivity index (χ3v) is 4.51. The number of halogens is 1. The van der Waals surface area contributed by atoms with Crippen molar-refractivity contribution in [3.63, 3.8) is 0 Å². The molecule has 1 aromatic heterocycles. The van der Waals surface area contributed by atoms with E-state index in [1.807, 2.05) is 12.1 Å². The number of piperidine rings is 1. The Labute approximate surface area is 156 Å². The summed E-state index contributed by atoms with van der Waals surface area (Å²) in [6, 6.07) is 10.3. The first-order chi connectivity index (χ1) is 12.5. The third kappa shape index (κ3) is 5.02. The second-order valence-electron chi connectivity index (χ2n) is 6.31. The van der Waals surface area contributed by atoms with Crippen LogP contribution >= 0.6 is 11.6 Å². The SMILES string of the molecule is Cc1cc(OC2CCN(C(=O)NCc3ccc(Cl)cc3)CC2)cc(=O)o1. The Kier molecular flexibility index (Phi) is 5.83. The minimum Gasteiger partial charge on any atom is -0.490 e. The van der Waals surface area contributed by atoms with Gasteiger partial charge in [-0.05, 0) is 24.6 Å². The van der Waals surface area contributed by atoms with Gasteiger partial charge in [-0.25, -0.2) is 9.59 Å². The van der Waals surface area contributed by atoms with Crippen molar-refractivity contribution >= 4 is 17.6 Å². The summed E-state index contributed by atoms with van der Waals surface area (Å²) in [4.78, 5) is 25.5. The molecule has 1 saturated heterocycles. The van der Waals surface area contributed by atoms with Gasteiger partial charge >= 0.3 is 11.7 Å². The van der Waals surface area contributed by atoms with Gasteiger partial charge in [-0.1, -0.05) is 23.7 Å². The summed E-state index contributed by atoms with van der Waals surface area (Å²) in [6.07, 6.45) is 1.41. The molecule has 0 bridgehead atoms. The van der Waals surface area contributed by atoms with Crippen molar-refractivity contribution in [2.75, 3.05) is 13.1 Å². The third-order valence-electron chi connectivity index (χ3n) is 4.26. The molecule has 0 aliphatic carbocycles. The predicted molar refractivity (Wildman–Crippen MR) is 98.6 cm³/mol. The molecular formula is C19H21ClN2O4. The second kappa shape index (κ2) is 8.27. The highest BCUT2D eigenvalue weighted by molar-refractivity contribution is 6.30. The smallest absolute Gasteiger partial charge is 0.339 e. The molecule has 2 amide bonds. The van der Waals surface area contributed by atoms with E-state index in [0.29, 0.717) is 49.0 Å². The number of nitrogens with one attached hydrogen (secondary N) is 1. The Balaban J connectivity index is 1.46. The van der Waals surface area contributed by atoms with E-state index in [4.69, 9.17) is 20.8 Å². The summed E-state index contributed by atoms with van der Waals surface area (Å²) in [5.74, 6) is 1.04. The highest BCUT2D eigenvalue weighted by atomic mass is 35.5. The first kappa shape index (κ1) is 18.3. The van der Waals surface area contributed by atoms with Crippen LogP contribution < -0.4 is 15.7 Å². The minimum absolute atomic E-state index is 0.0171. The molecule has 1 aliphatic heterocycles. The van der Waals surface area contributed by atoms with Crippen molar-refractivity contribution in [1.29, 1.82) is 0 Å². The second-order valence-corrected chi connectivity index (χ2v) is 6.75. The zero-order valence-corrected chi connectivity index (χ0v) is 15.3. The van der Waals surface area contributed by atoms with Crippen LogP contribution in [0.15, 0.2) is 45.6 Å². The van der Waals surface area contributed by atoms with Crippen LogP contribution in [-0.4, -0.2) is 30.1 Å². The Morgan fingerprint density at radius 2 is 1.96 bits per heavy atom. The molecule has 26 heavy (non-hydrogen) atoms. The largest absolute Gasteiger partial charge is 0.490 e. The molecule has 0 unspecified atom stereocenters. The zero-order valence-electron chi connectivity index (χ0n) is 14.5. The van der Waals surface area contributed by atoms with E-state index in [1.54, 1.807) is 30.0 Å². The molecule has 138 valence electrons. The molecule has 0 atom stereocenters. The van der Waals surface area contributed by atoms with Crippen LogP contribution in [0.25, 0.3) is 0 Å². The lowest BCUT2D eigenvalue weighted by molar-refractivity contribution is 0.110. The van der Waals surface area contributed by atoms with Crippen molar-refractivity contribution in [2.24, 2.45) is 0 Å². The van der Waals surface area contributed by atoms with E-state index in [9.17, 15) is 9.59 Å². The number of nitrogens with zero attached hydrogens (tertiary/aromatic N) is 1. The Hall–Kier alpha value is -2.47. The van der Waals surface area contributed by atoms with Crippen molar-refractivity contribution in [1.82, 2.24) is 10.2 Å². The van der Waals surface area contributed by atoms with Crippen molar-refractivity contribution < 1.29 is 13.9 Å². The normalized spacial score (nSPS) is 14.9. The van der Waals surface area contributed by atoms with E-state index in [2.05, 4.69) is 5.32 Å². The minimum atomic E-state index is -0.418. The van der Waals surface area contributed by atoms with Gasteiger partial charge in [-0.3, -0.25) is 0 Å². The Morgan fingerprint density at radius 3 is 2.62 bits per heavy atom. The van der Waals surface area contributed by atoms with E-state index in [-0.39, 0.29) is 12.1 Å². The van der Waals surface area contributed by atoms with Gasteiger partial charge in [0.15, 0.2) is 0 Å². The van der Waals surface area contributed by atoms with Crippen molar-refractivity contribution in [3.05, 3.63) is 63.2 Å². The van der Waals surface area contributed by atoms with Gasteiger partial charge in [0, 0.05) is 43.6 Å². The lowest BCUT2D eigenvalue weighted by Gasteiger charge is -2.32. The fourth-order valence-electron chi connectivity index (χ4n) is 2.90. The highest BCUT2D eigenvalue weighted by Crippen LogP contribution is 2.19. The molecule has 1 fully saturated rings. The first-order valence-corrected chi connectivity index (χ1v) is 8.93. The number of likely N-dealkylation sites (tertiary alicyclic amines) is 1. The Bertz CT molecular complexity index is 811. The number of hydrogen-bond acceptors (Lipinski definition) is 4. The topological polar surface area (TPSA) is 71.8 Å². The van der Waals surface area contributed by atoms with Gasteiger partial charge in [0.1, 0.15) is 17.6 Å². The number of aryl methyl sites for hydroxylation is 1. The average Bonchev–Trinajstić information content (AvgIpc) is 2.61. The molecule has 3 rings (SSSR count). The number of carbonyl (C=O) groups excluding carboxylic acids is 1. The number of rotatable bonds is 4. The summed E-state index contributed by atoms with van der Waals surface area (Å²) in [7, 11) is 0. The number of amides is 2. The lowest BCUT2D eigenvalue weighted by Crippen LogP contribution is -2.46. The molecule has 1 aromatic carbocycles. The maximum atomic E-state index is 12.3. The van der Waals surface area contributed by atoms with Gasteiger partial charge in [0.25, 0.3) is 0 Å². The van der Waals surface area contributed by atoms with Gasteiger partial charge in [-0.2, -0.15) is 0 Å². The van der Waals surface area contributed by atoms with E-state index in [0.717, 1.165) is 5.56 Å². The van der Waals surface area contributed by atoms with Gasteiger partial charge in [-0.15, -0.1) is 0 Å². The maximum Gasteiger partial charge on any atom is 0.339 e. The van der Waals surface area contributed by atoms with E-state index in [1.165, 1.54) is 6.07 Å². The van der Waals surface area contributed by atoms with Gasteiger partial charge < -0.3 is 19.4 Å². The van der Waals surface area contributed by atoms with Crippen LogP contribution in [0.2, 0.25) is 5.02 Å². The number of ether oxygens (including phenoxy) is 1. The summed E-state index contributed by atoms with van der Waals surface area (Å²) < 4.78 is 10.8. The molecule has 6 nitrogen and oxygen atoms in total. The van der Waals surface area contributed by atoms with Crippen LogP contribution in [0, 0.1) is 6.92 Å². The summed E-state index contributed by atoms with van der Waals surface area (Å²) >= 11 is 5.86. The number of urea groups is 1. The molecule has 0 radical (unpaired) electrons. The molecule has 1 N–H and O–H groups in total. The summed E-state index contributed by atoms with van der Waals surface area (Å²) in [5, 5.41) is 3.59. The van der Waals surface area contributed by atoms with Gasteiger partial charge in [0.2, 0.25) is 0 Å². The standard InChI is InChI=1S/C19H21ClN2O4/c1-13-10-17(11-18(23)25-13)26-16-6-8-22(9-7-16)19(24)21-12-14-2-4-15(20)5-3-14/h2-5,10-11,16H,6-9,12H2,1H3,(H,21,24). The van der Waals surface area contributed by atoms with E-state index >= 15 is 0 Å². The molecule has 0 saturated carbocycles. The fourth-order valence-corrected chi connectivity index (χ4v) is 3.03. The quantitative estimate of drug-likeness (QED) is 0.888. The molecule has 1 aliphatic rings. The van der Waals surface area contributed by atoms with Crippen LogP contribution in [-0.2, 0) is 6.54 Å². The molecule has 7 heteroatoms. The zero-order chi connectivity index (χ0) is 18.5. The summed E-state index contributed by atoms with van der Waals surface area (Å²) in [5.41, 5.74) is 0.582. The average molecular weight is 377 g/mol. The van der Waals surface area contributed by atoms with Crippen molar-refractivity contribution in [3.8, 4) is 5.75 Å². The number of hydrogen-bond donors (Lipinski definition) is 1. The maximum absolute atomic E-state index is 12.3. The van der Waals surface area contributed by atoms with Crippen LogP contribution in [0.5, 0.6) is 5.75 Å². The van der Waals surface area contributed by atoms with E-state index < -0.39 is 5.63 Å². The molecule has 2 heterocycles. The molecule has 2 aromatic rings. The molecule has 0 spiro atoms.